The van der Waals surface area contributed by atoms with Gasteiger partial charge in [0.1, 0.15) is 5.41 Å². The van der Waals surface area contributed by atoms with E-state index in [0.717, 1.165) is 38.8 Å². The Bertz CT molecular complexity index is 303. The molecule has 5 heteroatoms. The molecular formula is C13H25N3O2. The molecule has 18 heavy (non-hydrogen) atoms. The Labute approximate surface area is 109 Å². The largest absolute Gasteiger partial charge is 0.409 e. The van der Waals surface area contributed by atoms with E-state index >= 15 is 0 Å². The number of rotatable bonds is 8. The molecule has 0 aromatic rings. The standard InChI is InChI=1S/C13H25N3O2/c1-3-5-9-16(10-6-4-2)12(17)13(7-8-13)11(14)15-18/h18H,3-10H2,1-2H3,(H2,14,15). The molecule has 1 aliphatic rings. The van der Waals surface area contributed by atoms with E-state index in [-0.39, 0.29) is 11.7 Å². The fourth-order valence-corrected chi connectivity index (χ4v) is 2.12. The van der Waals surface area contributed by atoms with Crippen molar-refractivity contribution >= 4 is 11.7 Å². The van der Waals surface area contributed by atoms with Crippen LogP contribution in [0.25, 0.3) is 0 Å². The smallest absolute Gasteiger partial charge is 0.236 e. The molecule has 1 aliphatic carbocycles. The molecule has 0 unspecified atom stereocenters. The van der Waals surface area contributed by atoms with Crippen molar-refractivity contribution in [3.8, 4) is 0 Å². The van der Waals surface area contributed by atoms with E-state index in [4.69, 9.17) is 10.9 Å². The zero-order valence-corrected chi connectivity index (χ0v) is 11.5. The highest BCUT2D eigenvalue weighted by Gasteiger charge is 2.55. The van der Waals surface area contributed by atoms with E-state index < -0.39 is 5.41 Å². The maximum absolute atomic E-state index is 12.5. The summed E-state index contributed by atoms with van der Waals surface area (Å²) in [5.41, 5.74) is 4.96. The average Bonchev–Trinajstić information content (AvgIpc) is 3.19. The van der Waals surface area contributed by atoms with Crippen LogP contribution in [0.2, 0.25) is 0 Å². The highest BCUT2D eigenvalue weighted by Crippen LogP contribution is 2.47. The summed E-state index contributed by atoms with van der Waals surface area (Å²) in [6.45, 7) is 5.77. The lowest BCUT2D eigenvalue weighted by Crippen LogP contribution is -2.44. The number of unbranched alkanes of at least 4 members (excludes halogenated alkanes) is 2. The number of hydrogen-bond acceptors (Lipinski definition) is 3. The highest BCUT2D eigenvalue weighted by molar-refractivity contribution is 6.09. The van der Waals surface area contributed by atoms with Crippen LogP contribution < -0.4 is 5.73 Å². The first kappa shape index (κ1) is 14.8. The maximum atomic E-state index is 12.5. The molecule has 0 saturated heterocycles. The van der Waals surface area contributed by atoms with Gasteiger partial charge in [0, 0.05) is 13.1 Å². The zero-order chi connectivity index (χ0) is 13.6. The van der Waals surface area contributed by atoms with Crippen LogP contribution in [0.1, 0.15) is 52.4 Å². The summed E-state index contributed by atoms with van der Waals surface area (Å²) in [6.07, 6.45) is 5.54. The Morgan fingerprint density at radius 2 is 1.78 bits per heavy atom. The van der Waals surface area contributed by atoms with Crippen LogP contribution in [-0.4, -0.2) is 34.9 Å². The Morgan fingerprint density at radius 3 is 2.11 bits per heavy atom. The van der Waals surface area contributed by atoms with E-state index in [0.29, 0.717) is 12.8 Å². The second kappa shape index (κ2) is 6.61. The maximum Gasteiger partial charge on any atom is 0.236 e. The van der Waals surface area contributed by atoms with E-state index in [2.05, 4.69) is 19.0 Å². The summed E-state index contributed by atoms with van der Waals surface area (Å²) in [7, 11) is 0. The Hall–Kier alpha value is -1.26. The topological polar surface area (TPSA) is 78.9 Å². The molecular weight excluding hydrogens is 230 g/mol. The fourth-order valence-electron chi connectivity index (χ4n) is 2.12. The van der Waals surface area contributed by atoms with E-state index in [9.17, 15) is 4.79 Å². The number of nitrogens with zero attached hydrogens (tertiary/aromatic N) is 2. The van der Waals surface area contributed by atoms with Gasteiger partial charge in [0.2, 0.25) is 5.91 Å². The quantitative estimate of drug-likeness (QED) is 0.301. The number of carbonyl (C=O) groups excluding carboxylic acids is 1. The summed E-state index contributed by atoms with van der Waals surface area (Å²) in [5.74, 6) is 0.116. The SMILES string of the molecule is CCCCN(CCCC)C(=O)C1(C(N)=NO)CC1. The van der Waals surface area contributed by atoms with Crippen LogP contribution in [0.3, 0.4) is 0 Å². The summed E-state index contributed by atoms with van der Waals surface area (Å²) < 4.78 is 0. The second-order valence-corrected chi connectivity index (χ2v) is 5.07. The van der Waals surface area contributed by atoms with Gasteiger partial charge in [-0.15, -0.1) is 0 Å². The van der Waals surface area contributed by atoms with Crippen molar-refractivity contribution in [3.05, 3.63) is 0 Å². The monoisotopic (exact) mass is 255 g/mol. The third-order valence-corrected chi connectivity index (χ3v) is 3.61. The van der Waals surface area contributed by atoms with Crippen LogP contribution in [0.4, 0.5) is 0 Å². The minimum atomic E-state index is -0.698. The van der Waals surface area contributed by atoms with Crippen molar-refractivity contribution in [2.24, 2.45) is 16.3 Å². The molecule has 104 valence electrons. The molecule has 0 heterocycles. The van der Waals surface area contributed by atoms with Crippen LogP contribution in [0, 0.1) is 5.41 Å². The molecule has 0 aliphatic heterocycles. The Balaban J connectivity index is 2.69. The van der Waals surface area contributed by atoms with Crippen molar-refractivity contribution in [1.82, 2.24) is 4.90 Å². The van der Waals surface area contributed by atoms with Gasteiger partial charge in [0.25, 0.3) is 0 Å². The third-order valence-electron chi connectivity index (χ3n) is 3.61. The predicted octanol–water partition coefficient (Wildman–Crippen LogP) is 1.94. The van der Waals surface area contributed by atoms with Crippen LogP contribution in [0.5, 0.6) is 0 Å². The Morgan fingerprint density at radius 1 is 1.28 bits per heavy atom. The molecule has 1 amide bonds. The number of nitrogens with two attached hydrogens (primary N) is 1. The van der Waals surface area contributed by atoms with Gasteiger partial charge in [0.15, 0.2) is 5.84 Å². The number of amides is 1. The van der Waals surface area contributed by atoms with Gasteiger partial charge in [-0.05, 0) is 25.7 Å². The normalized spacial score (nSPS) is 17.6. The summed E-state index contributed by atoms with van der Waals surface area (Å²) in [5, 5.41) is 11.8. The molecule has 3 N–H and O–H groups in total. The molecule has 0 aromatic carbocycles. The summed E-state index contributed by atoms with van der Waals surface area (Å²) in [4.78, 5) is 14.4. The lowest BCUT2D eigenvalue weighted by Gasteiger charge is -2.26. The first-order valence-electron chi connectivity index (χ1n) is 6.89. The van der Waals surface area contributed by atoms with Crippen LogP contribution in [0.15, 0.2) is 5.16 Å². The van der Waals surface area contributed by atoms with Crippen molar-refractivity contribution in [2.75, 3.05) is 13.1 Å². The molecule has 1 saturated carbocycles. The van der Waals surface area contributed by atoms with Gasteiger partial charge in [-0.2, -0.15) is 0 Å². The molecule has 0 aromatic heterocycles. The predicted molar refractivity (Wildman–Crippen MR) is 71.5 cm³/mol. The number of hydrogen-bond donors (Lipinski definition) is 2. The minimum absolute atomic E-state index is 0.0414. The first-order chi connectivity index (χ1) is 8.62. The van der Waals surface area contributed by atoms with Gasteiger partial charge in [-0.25, -0.2) is 0 Å². The van der Waals surface area contributed by atoms with Crippen LogP contribution in [-0.2, 0) is 4.79 Å². The van der Waals surface area contributed by atoms with Gasteiger partial charge in [-0.1, -0.05) is 31.8 Å². The lowest BCUT2D eigenvalue weighted by molar-refractivity contribution is -0.134. The summed E-state index contributed by atoms with van der Waals surface area (Å²) in [6, 6.07) is 0. The number of oxime groups is 1. The molecule has 1 fully saturated rings. The van der Waals surface area contributed by atoms with Crippen molar-refractivity contribution in [1.29, 1.82) is 0 Å². The Kier molecular flexibility index (Phi) is 5.44. The van der Waals surface area contributed by atoms with Gasteiger partial charge in [-0.3, -0.25) is 4.79 Å². The molecule has 0 spiro atoms. The van der Waals surface area contributed by atoms with Crippen molar-refractivity contribution in [3.63, 3.8) is 0 Å². The van der Waals surface area contributed by atoms with Gasteiger partial charge in [0.05, 0.1) is 0 Å². The number of carbonyl (C=O) groups is 1. The summed E-state index contributed by atoms with van der Waals surface area (Å²) >= 11 is 0. The fraction of sp³-hybridized carbons (Fsp3) is 0.846. The van der Waals surface area contributed by atoms with E-state index in [1.54, 1.807) is 0 Å². The first-order valence-corrected chi connectivity index (χ1v) is 6.89. The second-order valence-electron chi connectivity index (χ2n) is 5.07. The third kappa shape index (κ3) is 3.15. The highest BCUT2D eigenvalue weighted by atomic mass is 16.4. The van der Waals surface area contributed by atoms with Gasteiger partial charge < -0.3 is 15.8 Å². The molecule has 5 nitrogen and oxygen atoms in total. The molecule has 0 atom stereocenters. The number of amidine groups is 1. The van der Waals surface area contributed by atoms with Crippen molar-refractivity contribution in [2.45, 2.75) is 52.4 Å². The molecule has 0 bridgehead atoms. The van der Waals surface area contributed by atoms with E-state index in [1.807, 2.05) is 4.90 Å². The van der Waals surface area contributed by atoms with E-state index in [1.165, 1.54) is 0 Å². The van der Waals surface area contributed by atoms with Crippen LogP contribution >= 0.6 is 0 Å². The zero-order valence-electron chi connectivity index (χ0n) is 11.5. The van der Waals surface area contributed by atoms with Gasteiger partial charge >= 0.3 is 0 Å². The average molecular weight is 255 g/mol. The molecule has 1 rings (SSSR count). The minimum Gasteiger partial charge on any atom is -0.409 e. The van der Waals surface area contributed by atoms with Crippen molar-refractivity contribution < 1.29 is 10.0 Å². The molecule has 0 radical (unpaired) electrons. The lowest BCUT2D eigenvalue weighted by atomic mass is 10.0.